The molecular formula is C17H11F4NO2. The minimum atomic E-state index is -4.58. The third-order valence-corrected chi connectivity index (χ3v) is 3.74. The van der Waals surface area contributed by atoms with Crippen LogP contribution in [0.4, 0.5) is 17.6 Å². The average molecular weight is 337 g/mol. The van der Waals surface area contributed by atoms with Crippen LogP contribution in [0.2, 0.25) is 0 Å². The van der Waals surface area contributed by atoms with E-state index >= 15 is 0 Å². The van der Waals surface area contributed by atoms with Crippen LogP contribution in [0.3, 0.4) is 0 Å². The summed E-state index contributed by atoms with van der Waals surface area (Å²) in [5.41, 5.74) is -0.680. The molecule has 3 rings (SSSR count). The van der Waals surface area contributed by atoms with E-state index in [9.17, 15) is 22.4 Å². The summed E-state index contributed by atoms with van der Waals surface area (Å²) in [6, 6.07) is 7.47. The van der Waals surface area contributed by atoms with Gasteiger partial charge in [0.15, 0.2) is 17.9 Å². The minimum Gasteiger partial charge on any atom is -0.494 e. The Hall–Kier alpha value is -2.83. The van der Waals surface area contributed by atoms with Crippen molar-refractivity contribution >= 4 is 17.2 Å². The molecule has 0 saturated carbocycles. The number of methoxy groups -OCH3 is 1. The number of aldehydes is 1. The molecule has 0 bridgehead atoms. The molecule has 0 radical (unpaired) electrons. The van der Waals surface area contributed by atoms with Crippen LogP contribution in [0, 0.1) is 5.82 Å². The van der Waals surface area contributed by atoms with Crippen LogP contribution in [-0.4, -0.2) is 18.4 Å². The number of carbonyl (C=O) groups excluding carboxylic acids is 1. The van der Waals surface area contributed by atoms with E-state index < -0.39 is 17.6 Å². The van der Waals surface area contributed by atoms with Gasteiger partial charge in [-0.25, -0.2) is 4.39 Å². The molecule has 0 saturated heterocycles. The molecule has 0 spiro atoms. The second-order valence-corrected chi connectivity index (χ2v) is 5.11. The number of aromatic nitrogens is 1. The highest BCUT2D eigenvalue weighted by molar-refractivity contribution is 6.05. The van der Waals surface area contributed by atoms with E-state index in [0.29, 0.717) is 6.29 Å². The Morgan fingerprint density at radius 2 is 1.92 bits per heavy atom. The number of carbonyl (C=O) groups is 1. The predicted octanol–water partition coefficient (Wildman–Crippen LogP) is 4.81. The van der Waals surface area contributed by atoms with Gasteiger partial charge in [-0.2, -0.15) is 13.2 Å². The molecule has 7 heteroatoms. The maximum Gasteiger partial charge on any atom is 0.418 e. The summed E-state index contributed by atoms with van der Waals surface area (Å²) in [4.78, 5) is 14.0. The molecule has 0 atom stereocenters. The summed E-state index contributed by atoms with van der Waals surface area (Å²) in [5, 5.41) is 0.131. The SMILES string of the molecule is COc1ccc(-c2[nH]c3c(C(F)(F)F)cccc3c2C=O)cc1F. The van der Waals surface area contributed by atoms with Gasteiger partial charge in [-0.1, -0.05) is 12.1 Å². The Morgan fingerprint density at radius 1 is 1.17 bits per heavy atom. The smallest absolute Gasteiger partial charge is 0.418 e. The lowest BCUT2D eigenvalue weighted by Gasteiger charge is -2.07. The number of aromatic amines is 1. The fourth-order valence-corrected chi connectivity index (χ4v) is 2.65. The van der Waals surface area contributed by atoms with Crippen molar-refractivity contribution in [3.8, 4) is 17.0 Å². The zero-order valence-corrected chi connectivity index (χ0v) is 12.4. The largest absolute Gasteiger partial charge is 0.494 e. The molecule has 1 N–H and O–H groups in total. The van der Waals surface area contributed by atoms with Crippen LogP contribution in [0.15, 0.2) is 36.4 Å². The predicted molar refractivity (Wildman–Crippen MR) is 80.6 cm³/mol. The summed E-state index contributed by atoms with van der Waals surface area (Å²) in [7, 11) is 1.30. The van der Waals surface area contributed by atoms with Crippen LogP contribution in [0.25, 0.3) is 22.2 Å². The highest BCUT2D eigenvalue weighted by Gasteiger charge is 2.34. The normalized spacial score (nSPS) is 11.7. The van der Waals surface area contributed by atoms with Crippen molar-refractivity contribution in [3.05, 3.63) is 53.3 Å². The van der Waals surface area contributed by atoms with Gasteiger partial charge < -0.3 is 9.72 Å². The van der Waals surface area contributed by atoms with E-state index in [0.717, 1.165) is 12.1 Å². The molecule has 3 aromatic rings. The number of ether oxygens (including phenoxy) is 1. The lowest BCUT2D eigenvalue weighted by Crippen LogP contribution is -2.05. The van der Waals surface area contributed by atoms with Gasteiger partial charge in [0, 0.05) is 16.5 Å². The van der Waals surface area contributed by atoms with Crippen LogP contribution in [0.1, 0.15) is 15.9 Å². The molecular weight excluding hydrogens is 326 g/mol. The molecule has 0 aliphatic heterocycles. The van der Waals surface area contributed by atoms with E-state index in [1.807, 2.05) is 0 Å². The Kier molecular flexibility index (Phi) is 3.79. The molecule has 124 valence electrons. The first-order valence-electron chi connectivity index (χ1n) is 6.87. The highest BCUT2D eigenvalue weighted by atomic mass is 19.4. The number of hydrogen-bond donors (Lipinski definition) is 1. The fraction of sp³-hybridized carbons (Fsp3) is 0.118. The van der Waals surface area contributed by atoms with Gasteiger partial charge in [0.05, 0.1) is 23.9 Å². The molecule has 0 amide bonds. The maximum atomic E-state index is 13.9. The summed E-state index contributed by atoms with van der Waals surface area (Å²) in [6.45, 7) is 0. The summed E-state index contributed by atoms with van der Waals surface area (Å²) in [6.07, 6.45) is -4.12. The van der Waals surface area contributed by atoms with Crippen molar-refractivity contribution < 1.29 is 27.1 Å². The van der Waals surface area contributed by atoms with Crippen LogP contribution < -0.4 is 4.74 Å². The van der Waals surface area contributed by atoms with Gasteiger partial charge in [-0.05, 0) is 24.3 Å². The number of alkyl halides is 3. The van der Waals surface area contributed by atoms with Crippen molar-refractivity contribution in [1.29, 1.82) is 0 Å². The lowest BCUT2D eigenvalue weighted by molar-refractivity contribution is -0.136. The number of nitrogens with one attached hydrogen (secondary N) is 1. The number of benzene rings is 2. The molecule has 0 aliphatic rings. The molecule has 3 nitrogen and oxygen atoms in total. The van der Waals surface area contributed by atoms with Gasteiger partial charge in [-0.3, -0.25) is 4.79 Å². The molecule has 24 heavy (non-hydrogen) atoms. The van der Waals surface area contributed by atoms with E-state index in [1.54, 1.807) is 0 Å². The van der Waals surface area contributed by atoms with Gasteiger partial charge in [-0.15, -0.1) is 0 Å². The van der Waals surface area contributed by atoms with E-state index in [1.165, 1.54) is 31.4 Å². The quantitative estimate of drug-likeness (QED) is 0.550. The van der Waals surface area contributed by atoms with Crippen molar-refractivity contribution in [2.75, 3.05) is 7.11 Å². The first kappa shape index (κ1) is 16.0. The Labute approximate surface area is 133 Å². The number of para-hydroxylation sites is 1. The van der Waals surface area contributed by atoms with Gasteiger partial charge in [0.1, 0.15) is 0 Å². The Morgan fingerprint density at radius 3 is 2.50 bits per heavy atom. The van der Waals surface area contributed by atoms with Crippen molar-refractivity contribution in [2.45, 2.75) is 6.18 Å². The molecule has 0 fully saturated rings. The van der Waals surface area contributed by atoms with Gasteiger partial charge in [0.2, 0.25) is 0 Å². The molecule has 1 aromatic heterocycles. The molecule has 2 aromatic carbocycles. The van der Waals surface area contributed by atoms with Gasteiger partial charge in [0.25, 0.3) is 0 Å². The molecule has 0 unspecified atom stereocenters. The maximum absolute atomic E-state index is 13.9. The van der Waals surface area contributed by atoms with Crippen LogP contribution in [-0.2, 0) is 6.18 Å². The topological polar surface area (TPSA) is 42.1 Å². The second kappa shape index (κ2) is 5.67. The zero-order chi connectivity index (χ0) is 17.5. The number of fused-ring (bicyclic) bond motifs is 1. The summed E-state index contributed by atoms with van der Waals surface area (Å²) < 4.78 is 58.1. The monoisotopic (exact) mass is 337 g/mol. The van der Waals surface area contributed by atoms with Gasteiger partial charge >= 0.3 is 6.18 Å². The third kappa shape index (κ3) is 2.51. The number of halogens is 4. The minimum absolute atomic E-state index is 0.00139. The fourth-order valence-electron chi connectivity index (χ4n) is 2.65. The van der Waals surface area contributed by atoms with Crippen molar-refractivity contribution in [1.82, 2.24) is 4.98 Å². The molecule has 1 heterocycles. The first-order chi connectivity index (χ1) is 11.4. The van der Waals surface area contributed by atoms with E-state index in [-0.39, 0.29) is 33.5 Å². The van der Waals surface area contributed by atoms with Crippen molar-refractivity contribution in [3.63, 3.8) is 0 Å². The number of rotatable bonds is 3. The van der Waals surface area contributed by atoms with E-state index in [2.05, 4.69) is 4.98 Å². The van der Waals surface area contributed by atoms with Crippen molar-refractivity contribution in [2.24, 2.45) is 0 Å². The zero-order valence-electron chi connectivity index (χ0n) is 12.4. The highest BCUT2D eigenvalue weighted by Crippen LogP contribution is 2.38. The number of hydrogen-bond acceptors (Lipinski definition) is 2. The summed E-state index contributed by atoms with van der Waals surface area (Å²) in [5.74, 6) is -0.681. The second-order valence-electron chi connectivity index (χ2n) is 5.11. The average Bonchev–Trinajstić information content (AvgIpc) is 2.92. The Balaban J connectivity index is 2.29. The number of H-pyrrole nitrogens is 1. The van der Waals surface area contributed by atoms with Crippen LogP contribution in [0.5, 0.6) is 5.75 Å². The van der Waals surface area contributed by atoms with E-state index in [4.69, 9.17) is 4.74 Å². The lowest BCUT2D eigenvalue weighted by atomic mass is 10.0. The standard InChI is InChI=1S/C17H11F4NO2/c1-24-14-6-5-9(7-13(14)18)15-11(8-23)10-3-2-4-12(16(10)22-15)17(19,20)21/h2-8,22H,1H3. The van der Waals surface area contributed by atoms with Crippen LogP contribution >= 0.6 is 0 Å². The molecule has 0 aliphatic carbocycles. The third-order valence-electron chi connectivity index (χ3n) is 3.74. The summed E-state index contributed by atoms with van der Waals surface area (Å²) >= 11 is 0. The first-order valence-corrected chi connectivity index (χ1v) is 6.87. The Bertz CT molecular complexity index is 928.